The molecule has 10 aromatic rings. The molecular formula is C52H50Cu2N4O4. The molecule has 8 nitrogen and oxygen atoms in total. The molecule has 12 bridgehead atoms. The second-order valence-corrected chi connectivity index (χ2v) is 20.8. The van der Waals surface area contributed by atoms with Crippen LogP contribution in [0.25, 0.3) is 98.8 Å². The van der Waals surface area contributed by atoms with Crippen molar-refractivity contribution in [3.63, 3.8) is 0 Å². The quantitative estimate of drug-likeness (QED) is 0.114. The van der Waals surface area contributed by atoms with Crippen LogP contribution in [0.1, 0.15) is 105 Å². The Labute approximate surface area is 381 Å². The largest absolute Gasteiger partial charge is 0.506 e. The Kier molecular flexibility index (Phi) is 9.90. The van der Waals surface area contributed by atoms with Gasteiger partial charge in [0.25, 0.3) is 0 Å². The van der Waals surface area contributed by atoms with E-state index >= 15 is 0 Å². The summed E-state index contributed by atoms with van der Waals surface area (Å²) in [7, 11) is 0. The molecule has 0 fully saturated rings. The minimum absolute atomic E-state index is 0. The van der Waals surface area contributed by atoms with Crippen molar-refractivity contribution in [1.82, 2.24) is 19.9 Å². The maximum Gasteiger partial charge on any atom is 0.231 e. The number of rotatable bonds is 0. The molecule has 62 heavy (non-hydrogen) atoms. The van der Waals surface area contributed by atoms with E-state index in [0.29, 0.717) is 77.2 Å². The maximum atomic E-state index is 12.4. The van der Waals surface area contributed by atoms with E-state index in [2.05, 4.69) is 95.2 Å². The van der Waals surface area contributed by atoms with Gasteiger partial charge in [0.2, 0.25) is 11.4 Å². The summed E-state index contributed by atoms with van der Waals surface area (Å²) in [5.41, 5.74) is 8.29. The molecule has 0 saturated carbocycles. The van der Waals surface area contributed by atoms with Crippen LogP contribution in [-0.4, -0.2) is 30.1 Å². The molecule has 0 aliphatic heterocycles. The third-order valence-corrected chi connectivity index (χ3v) is 12.2. The molecule has 10 heteroatoms. The molecular weight excluding hydrogens is 872 g/mol. The van der Waals surface area contributed by atoms with Crippen LogP contribution < -0.4 is 0 Å². The number of aromatic nitrogens is 4. The van der Waals surface area contributed by atoms with Crippen molar-refractivity contribution < 1.29 is 53.2 Å². The fourth-order valence-electron chi connectivity index (χ4n) is 8.62. The molecule has 2 N–H and O–H groups in total. The first kappa shape index (κ1) is 43.4. The average molecular weight is 922 g/mol. The van der Waals surface area contributed by atoms with Gasteiger partial charge in [-0.1, -0.05) is 107 Å². The Morgan fingerprint density at radius 2 is 0.758 bits per heavy atom. The zero-order valence-corrected chi connectivity index (χ0v) is 38.9. The van der Waals surface area contributed by atoms with Gasteiger partial charge in [0.1, 0.15) is 22.5 Å². The van der Waals surface area contributed by atoms with Gasteiger partial charge in [0.15, 0.2) is 11.2 Å². The van der Waals surface area contributed by atoms with Gasteiger partial charge >= 0.3 is 0 Å². The topological polar surface area (TPSA) is 118 Å². The van der Waals surface area contributed by atoms with Gasteiger partial charge in [0.05, 0.1) is 32.8 Å². The van der Waals surface area contributed by atoms with E-state index in [0.717, 1.165) is 43.8 Å². The summed E-state index contributed by atoms with van der Waals surface area (Å²) in [6.45, 7) is 25.9. The van der Waals surface area contributed by atoms with Gasteiger partial charge in [-0.3, -0.25) is 0 Å². The van der Waals surface area contributed by atoms with Crippen molar-refractivity contribution >= 4 is 98.8 Å². The molecule has 5 aromatic heterocycles. The van der Waals surface area contributed by atoms with E-state index in [4.69, 9.17) is 28.8 Å². The van der Waals surface area contributed by atoms with E-state index in [1.165, 1.54) is 0 Å². The van der Waals surface area contributed by atoms with Crippen LogP contribution in [0.15, 0.2) is 81.6 Å². The molecule has 0 aliphatic carbocycles. The normalized spacial score (nSPS) is 13.0. The minimum atomic E-state index is -0.330. The smallest absolute Gasteiger partial charge is 0.231 e. The first-order valence-electron chi connectivity index (χ1n) is 20.7. The molecule has 0 aliphatic rings. The number of hydrogen-bond donors (Lipinski definition) is 2. The van der Waals surface area contributed by atoms with Crippen molar-refractivity contribution in [3.05, 3.63) is 95.1 Å². The monoisotopic (exact) mass is 920 g/mol. The van der Waals surface area contributed by atoms with E-state index in [9.17, 15) is 10.2 Å². The fraction of sp³-hybridized carbons (Fsp3) is 0.308. The zero-order valence-electron chi connectivity index (χ0n) is 37.0. The summed E-state index contributed by atoms with van der Waals surface area (Å²) in [6.07, 6.45) is 0. The van der Waals surface area contributed by atoms with Crippen LogP contribution in [0.4, 0.5) is 0 Å². The summed E-state index contributed by atoms with van der Waals surface area (Å²) in [5, 5.41) is 30.4. The molecule has 0 unspecified atom stereocenters. The Balaban J connectivity index is 0.00000264. The Morgan fingerprint density at radius 1 is 0.403 bits per heavy atom. The SMILES string of the molecule is CC(C)(C)c1cc2c(O)c(c1)c1nc3c(o1)c(C(C)(C)C)cc1cc(C(C)(C)C)c4oc(nc4c13)c1cc(C(C)(C)C)cc(c1O)c1ccc3ccc4ccc2nc4c3n1.[Cu].[Cu]. The van der Waals surface area contributed by atoms with Gasteiger partial charge in [-0.05, 0) is 86.7 Å². The van der Waals surface area contributed by atoms with E-state index in [-0.39, 0.29) is 67.3 Å². The number of aromatic hydroxyl groups is 2. The van der Waals surface area contributed by atoms with Crippen LogP contribution >= 0.6 is 0 Å². The maximum absolute atomic E-state index is 12.4. The van der Waals surface area contributed by atoms with E-state index in [1.807, 2.05) is 60.7 Å². The van der Waals surface area contributed by atoms with Crippen molar-refractivity contribution in [2.24, 2.45) is 0 Å². The number of benzene rings is 5. The Bertz CT molecular complexity index is 3330. The molecule has 10 rings (SSSR count). The summed E-state index contributed by atoms with van der Waals surface area (Å²) in [6, 6.07) is 24.4. The van der Waals surface area contributed by atoms with Crippen molar-refractivity contribution in [2.45, 2.75) is 105 Å². The molecule has 0 atom stereocenters. The summed E-state index contributed by atoms with van der Waals surface area (Å²) in [4.78, 5) is 21.1. The van der Waals surface area contributed by atoms with Crippen molar-refractivity contribution in [1.29, 1.82) is 0 Å². The van der Waals surface area contributed by atoms with Crippen LogP contribution in [0.3, 0.4) is 0 Å². The summed E-state index contributed by atoms with van der Waals surface area (Å²) < 4.78 is 13.8. The van der Waals surface area contributed by atoms with Crippen LogP contribution in [0.5, 0.6) is 11.5 Å². The Morgan fingerprint density at radius 3 is 1.11 bits per heavy atom. The number of oxazole rings is 2. The second kappa shape index (κ2) is 14.1. The van der Waals surface area contributed by atoms with Crippen molar-refractivity contribution in [3.8, 4) is 11.5 Å². The molecule has 324 valence electrons. The zero-order chi connectivity index (χ0) is 42.6. The molecule has 2 radical (unpaired) electrons. The van der Waals surface area contributed by atoms with E-state index < -0.39 is 0 Å². The number of phenolic OH excluding ortho intramolecular Hbond substituents is 2. The second-order valence-electron chi connectivity index (χ2n) is 20.8. The predicted molar refractivity (Wildman–Crippen MR) is 247 cm³/mol. The standard InChI is InChI=1S/C52H50N4O4.2Cu/c1-49(2,3)28-21-30-36-17-15-25-13-14-26-16-18-37(54-40(26)39(25)53-36)31-22-29(50(4,5)6)24-33(44(31)58)48-56-42-38-27(20-35(46(42)60-48)52(10,11)12)19-34(51(7,8)9)45-41(38)55-47(59-45)32(23-28)43(30)57;;/h13-24,57-58H,1-12H3;;. The predicted octanol–water partition coefficient (Wildman–Crippen LogP) is 14.0. The summed E-state index contributed by atoms with van der Waals surface area (Å²) >= 11 is 0. The molecule has 5 heterocycles. The Hall–Kier alpha value is -5.24. The number of pyridine rings is 2. The minimum Gasteiger partial charge on any atom is -0.506 e. The molecule has 0 spiro atoms. The number of hydrogen-bond acceptors (Lipinski definition) is 8. The molecule has 0 saturated heterocycles. The van der Waals surface area contributed by atoms with Gasteiger partial charge in [0, 0.05) is 72.2 Å². The van der Waals surface area contributed by atoms with Gasteiger partial charge < -0.3 is 19.0 Å². The average Bonchev–Trinajstić information content (AvgIpc) is 3.80. The van der Waals surface area contributed by atoms with Crippen LogP contribution in [0, 0.1) is 0 Å². The first-order chi connectivity index (χ1) is 28.1. The van der Waals surface area contributed by atoms with Crippen molar-refractivity contribution in [2.75, 3.05) is 0 Å². The first-order valence-corrected chi connectivity index (χ1v) is 20.7. The number of phenols is 2. The molecule has 0 amide bonds. The van der Waals surface area contributed by atoms with Gasteiger partial charge in [-0.25, -0.2) is 19.9 Å². The number of fused-ring (bicyclic) bond motifs is 12. The number of nitrogens with zero attached hydrogens (tertiary/aromatic N) is 4. The van der Waals surface area contributed by atoms with Crippen LogP contribution in [-0.2, 0) is 55.8 Å². The van der Waals surface area contributed by atoms with Gasteiger partial charge in [-0.15, -0.1) is 0 Å². The third kappa shape index (κ3) is 6.69. The third-order valence-electron chi connectivity index (χ3n) is 12.2. The van der Waals surface area contributed by atoms with Crippen LogP contribution in [0.2, 0.25) is 0 Å². The fourth-order valence-corrected chi connectivity index (χ4v) is 8.62. The molecule has 5 aromatic carbocycles. The van der Waals surface area contributed by atoms with Gasteiger partial charge in [-0.2, -0.15) is 0 Å². The summed E-state index contributed by atoms with van der Waals surface area (Å²) in [5.74, 6) is 0.0451. The van der Waals surface area contributed by atoms with E-state index in [1.54, 1.807) is 0 Å².